The molecule has 2 aliphatic rings. The summed E-state index contributed by atoms with van der Waals surface area (Å²) in [5.74, 6) is 0.0933. The largest absolute Gasteiger partial charge is 0.455 e. The van der Waals surface area contributed by atoms with Crippen LogP contribution in [0.1, 0.15) is 42.5 Å². The van der Waals surface area contributed by atoms with E-state index in [0.717, 1.165) is 19.3 Å². The Morgan fingerprint density at radius 3 is 2.52 bits per heavy atom. The van der Waals surface area contributed by atoms with Crippen molar-refractivity contribution in [1.29, 1.82) is 0 Å². The van der Waals surface area contributed by atoms with Crippen molar-refractivity contribution in [2.24, 2.45) is 11.1 Å². The molecule has 0 spiro atoms. The number of carbonyl (C=O) groups excluding carboxylic acids is 1. The number of furan rings is 1. The first-order valence-electron chi connectivity index (χ1n) is 8.37. The van der Waals surface area contributed by atoms with E-state index in [4.69, 9.17) is 10.2 Å². The minimum atomic E-state index is -3.58. The quantitative estimate of drug-likeness (QED) is 0.840. The minimum Gasteiger partial charge on any atom is -0.455 e. The van der Waals surface area contributed by atoms with Crippen LogP contribution in [0.2, 0.25) is 0 Å². The molecule has 1 unspecified atom stereocenters. The first kappa shape index (κ1) is 20.2. The second kappa shape index (κ2) is 7.26. The Morgan fingerprint density at radius 2 is 1.96 bits per heavy atom. The van der Waals surface area contributed by atoms with Crippen LogP contribution >= 0.6 is 12.4 Å². The molecule has 1 atom stereocenters. The molecule has 1 amide bonds. The highest BCUT2D eigenvalue weighted by Crippen LogP contribution is 2.31. The normalized spacial score (nSPS) is 24.5. The van der Waals surface area contributed by atoms with E-state index in [1.165, 1.54) is 10.4 Å². The number of amides is 1. The number of halogens is 1. The average Bonchev–Trinajstić information content (AvgIpc) is 3.26. The SMILES string of the molecule is Cc1oc(C(=O)N2CCC(C)(CN)C2)cc1S(=O)(=O)N1CCCC1.Cl. The number of carbonyl (C=O) groups is 1. The lowest BCUT2D eigenvalue weighted by Crippen LogP contribution is -2.34. The Kier molecular flexibility index (Phi) is 5.88. The van der Waals surface area contributed by atoms with Crippen molar-refractivity contribution in [2.45, 2.75) is 38.0 Å². The lowest BCUT2D eigenvalue weighted by molar-refractivity contribution is 0.0744. The summed E-state index contributed by atoms with van der Waals surface area (Å²) in [6.45, 7) is 6.39. The highest BCUT2D eigenvalue weighted by atomic mass is 35.5. The fourth-order valence-electron chi connectivity index (χ4n) is 3.41. The molecule has 1 aromatic rings. The molecule has 3 rings (SSSR count). The van der Waals surface area contributed by atoms with Crippen LogP contribution in [0.4, 0.5) is 0 Å². The monoisotopic (exact) mass is 391 g/mol. The van der Waals surface area contributed by atoms with Crippen LogP contribution in [-0.4, -0.2) is 56.3 Å². The summed E-state index contributed by atoms with van der Waals surface area (Å²) in [4.78, 5) is 14.4. The van der Waals surface area contributed by atoms with Gasteiger partial charge in [0.2, 0.25) is 10.0 Å². The Hall–Kier alpha value is -1.09. The van der Waals surface area contributed by atoms with Gasteiger partial charge in [-0.15, -0.1) is 12.4 Å². The second-order valence-electron chi connectivity index (χ2n) is 7.13. The van der Waals surface area contributed by atoms with E-state index in [1.807, 2.05) is 0 Å². The maximum atomic E-state index is 12.7. The van der Waals surface area contributed by atoms with Gasteiger partial charge in [0, 0.05) is 32.2 Å². The zero-order valence-electron chi connectivity index (χ0n) is 14.7. The molecule has 142 valence electrons. The van der Waals surface area contributed by atoms with Gasteiger partial charge in [0.05, 0.1) is 0 Å². The Balaban J connectivity index is 0.00000225. The van der Waals surface area contributed by atoms with Crippen molar-refractivity contribution < 1.29 is 17.6 Å². The van der Waals surface area contributed by atoms with Gasteiger partial charge >= 0.3 is 0 Å². The van der Waals surface area contributed by atoms with E-state index in [1.54, 1.807) is 11.8 Å². The molecule has 0 aromatic carbocycles. The first-order chi connectivity index (χ1) is 11.3. The number of nitrogens with two attached hydrogens (primary N) is 1. The lowest BCUT2D eigenvalue weighted by Gasteiger charge is -2.21. The molecule has 1 aromatic heterocycles. The van der Waals surface area contributed by atoms with E-state index in [-0.39, 0.29) is 40.1 Å². The van der Waals surface area contributed by atoms with Crippen molar-refractivity contribution in [3.63, 3.8) is 0 Å². The highest BCUT2D eigenvalue weighted by Gasteiger charge is 2.37. The molecule has 0 saturated carbocycles. The molecule has 3 heterocycles. The number of rotatable bonds is 4. The summed E-state index contributed by atoms with van der Waals surface area (Å²) in [6.07, 6.45) is 2.58. The number of likely N-dealkylation sites (tertiary alicyclic amines) is 1. The van der Waals surface area contributed by atoms with Crippen molar-refractivity contribution in [1.82, 2.24) is 9.21 Å². The molecular formula is C16H26ClN3O4S. The van der Waals surface area contributed by atoms with Crippen LogP contribution in [0.15, 0.2) is 15.4 Å². The van der Waals surface area contributed by atoms with Gasteiger partial charge in [-0.3, -0.25) is 4.79 Å². The third-order valence-electron chi connectivity index (χ3n) is 5.10. The Bertz CT molecular complexity index is 743. The van der Waals surface area contributed by atoms with E-state index < -0.39 is 10.0 Å². The van der Waals surface area contributed by atoms with Crippen LogP contribution < -0.4 is 5.73 Å². The van der Waals surface area contributed by atoms with E-state index in [9.17, 15) is 13.2 Å². The molecule has 0 bridgehead atoms. The molecule has 0 radical (unpaired) electrons. The van der Waals surface area contributed by atoms with E-state index >= 15 is 0 Å². The van der Waals surface area contributed by atoms with Crippen LogP contribution in [0.5, 0.6) is 0 Å². The smallest absolute Gasteiger partial charge is 0.289 e. The van der Waals surface area contributed by atoms with Gasteiger partial charge in [-0.25, -0.2) is 8.42 Å². The van der Waals surface area contributed by atoms with Crippen molar-refractivity contribution in [3.8, 4) is 0 Å². The zero-order chi connectivity index (χ0) is 17.5. The third-order valence-corrected chi connectivity index (χ3v) is 7.11. The summed E-state index contributed by atoms with van der Waals surface area (Å²) in [5.41, 5.74) is 5.70. The molecule has 0 aliphatic carbocycles. The van der Waals surface area contributed by atoms with Gasteiger partial charge in [-0.2, -0.15) is 4.31 Å². The molecule has 2 N–H and O–H groups in total. The van der Waals surface area contributed by atoms with Gasteiger partial charge in [-0.05, 0) is 38.1 Å². The number of hydrogen-bond donors (Lipinski definition) is 1. The summed E-state index contributed by atoms with van der Waals surface area (Å²) in [5, 5.41) is 0. The predicted molar refractivity (Wildman–Crippen MR) is 96.4 cm³/mol. The van der Waals surface area contributed by atoms with Crippen molar-refractivity contribution in [3.05, 3.63) is 17.6 Å². The Labute approximate surface area is 155 Å². The summed E-state index contributed by atoms with van der Waals surface area (Å²) in [7, 11) is -3.58. The van der Waals surface area contributed by atoms with E-state index in [2.05, 4.69) is 6.92 Å². The number of sulfonamides is 1. The minimum absolute atomic E-state index is 0. The van der Waals surface area contributed by atoms with Gasteiger partial charge in [0.25, 0.3) is 5.91 Å². The molecular weight excluding hydrogens is 366 g/mol. The average molecular weight is 392 g/mol. The summed E-state index contributed by atoms with van der Waals surface area (Å²) < 4.78 is 32.3. The molecule has 2 saturated heterocycles. The third kappa shape index (κ3) is 3.72. The summed E-state index contributed by atoms with van der Waals surface area (Å²) >= 11 is 0. The first-order valence-corrected chi connectivity index (χ1v) is 9.81. The van der Waals surface area contributed by atoms with Gasteiger partial charge < -0.3 is 15.1 Å². The van der Waals surface area contributed by atoms with Gasteiger partial charge in [-0.1, -0.05) is 6.92 Å². The number of nitrogens with zero attached hydrogens (tertiary/aromatic N) is 2. The molecule has 7 nitrogen and oxygen atoms in total. The van der Waals surface area contributed by atoms with Crippen LogP contribution in [0, 0.1) is 12.3 Å². The number of hydrogen-bond acceptors (Lipinski definition) is 5. The molecule has 25 heavy (non-hydrogen) atoms. The predicted octanol–water partition coefficient (Wildman–Crippen LogP) is 1.61. The van der Waals surface area contributed by atoms with Gasteiger partial charge in [0.15, 0.2) is 5.76 Å². The van der Waals surface area contributed by atoms with Crippen molar-refractivity contribution >= 4 is 28.3 Å². The maximum Gasteiger partial charge on any atom is 0.289 e. The second-order valence-corrected chi connectivity index (χ2v) is 9.04. The van der Waals surface area contributed by atoms with Crippen LogP contribution in [0.25, 0.3) is 0 Å². The molecule has 2 fully saturated rings. The standard InChI is InChI=1S/C16H25N3O4S.ClH/c1-12-14(24(21,22)19-6-3-4-7-19)9-13(23-12)15(20)18-8-5-16(2,10-17)11-18;/h9H,3-8,10-11,17H2,1-2H3;1H. The van der Waals surface area contributed by atoms with E-state index in [0.29, 0.717) is 32.7 Å². The fraction of sp³-hybridized carbons (Fsp3) is 0.688. The molecule has 2 aliphatic heterocycles. The highest BCUT2D eigenvalue weighted by molar-refractivity contribution is 7.89. The number of aryl methyl sites for hydroxylation is 1. The Morgan fingerprint density at radius 1 is 1.32 bits per heavy atom. The van der Waals surface area contributed by atoms with Crippen LogP contribution in [0.3, 0.4) is 0 Å². The van der Waals surface area contributed by atoms with Gasteiger partial charge in [0.1, 0.15) is 10.7 Å². The van der Waals surface area contributed by atoms with Crippen LogP contribution in [-0.2, 0) is 10.0 Å². The topological polar surface area (TPSA) is 96.8 Å². The lowest BCUT2D eigenvalue weighted by atomic mass is 9.90. The zero-order valence-corrected chi connectivity index (χ0v) is 16.3. The maximum absolute atomic E-state index is 12.7. The van der Waals surface area contributed by atoms with Crippen molar-refractivity contribution in [2.75, 3.05) is 32.7 Å². The fourth-order valence-corrected chi connectivity index (χ4v) is 5.09. The summed E-state index contributed by atoms with van der Waals surface area (Å²) in [6, 6.07) is 1.38. The molecule has 9 heteroatoms.